The molecule has 0 radical (unpaired) electrons. The van der Waals surface area contributed by atoms with Gasteiger partial charge in [0, 0.05) is 27.9 Å². The largest absolute Gasteiger partial charge is 0.302 e. The van der Waals surface area contributed by atoms with Crippen molar-refractivity contribution in [2.75, 3.05) is 11.1 Å². The number of amides is 1. The van der Waals surface area contributed by atoms with E-state index >= 15 is 0 Å². The highest BCUT2D eigenvalue weighted by Gasteiger charge is 2.16. The molecule has 1 amide bonds. The summed E-state index contributed by atoms with van der Waals surface area (Å²) >= 11 is 6.19. The Kier molecular flexibility index (Phi) is 7.03. The average molecular weight is 478 g/mol. The molecule has 0 atom stereocenters. The highest BCUT2D eigenvalue weighted by Crippen LogP contribution is 2.27. The number of halogens is 1. The minimum atomic E-state index is -0.124. The van der Waals surface area contributed by atoms with Crippen molar-refractivity contribution in [3.05, 3.63) is 52.6 Å². The zero-order valence-corrected chi connectivity index (χ0v) is 18.8. The van der Waals surface area contributed by atoms with Gasteiger partial charge in [0.2, 0.25) is 5.91 Å². The smallest absolute Gasteiger partial charge is 0.236 e. The van der Waals surface area contributed by atoms with Crippen molar-refractivity contribution in [1.82, 2.24) is 19.7 Å². The number of hydrogen-bond acceptors (Lipinski definition) is 6. The van der Waals surface area contributed by atoms with Gasteiger partial charge >= 0.3 is 0 Å². The summed E-state index contributed by atoms with van der Waals surface area (Å²) in [5.74, 6) is 1.26. The van der Waals surface area contributed by atoms with E-state index in [1.807, 2.05) is 34.2 Å². The van der Waals surface area contributed by atoms with Gasteiger partial charge in [-0.25, -0.2) is 4.98 Å². The van der Waals surface area contributed by atoms with Gasteiger partial charge in [0.1, 0.15) is 5.82 Å². The monoisotopic (exact) mass is 477 g/mol. The predicted molar refractivity (Wildman–Crippen MR) is 119 cm³/mol. The minimum Gasteiger partial charge on any atom is -0.302 e. The van der Waals surface area contributed by atoms with E-state index in [1.165, 1.54) is 23.1 Å². The Morgan fingerprint density at radius 2 is 2.11 bits per heavy atom. The van der Waals surface area contributed by atoms with Crippen LogP contribution in [-0.2, 0) is 11.3 Å². The second kappa shape index (κ2) is 9.49. The Morgan fingerprint density at radius 3 is 2.79 bits per heavy atom. The standard InChI is InChI=1S/C19H20BrN5OS2/c1-4-9-25-17(12(2)3)23-24-19(25)28-11-16(26)22-18-21-15(10-27-18)13-5-7-14(20)8-6-13/h4-8,10,12H,1,9,11H2,2-3H3,(H,21,22,26). The molecule has 1 aromatic carbocycles. The van der Waals surface area contributed by atoms with Gasteiger partial charge in [-0.05, 0) is 12.1 Å². The predicted octanol–water partition coefficient (Wildman–Crippen LogP) is 5.20. The fraction of sp³-hybridized carbons (Fsp3) is 0.263. The van der Waals surface area contributed by atoms with Crippen LogP contribution >= 0.6 is 39.0 Å². The van der Waals surface area contributed by atoms with E-state index in [2.05, 4.69) is 56.9 Å². The highest BCUT2D eigenvalue weighted by molar-refractivity contribution is 9.10. The molecule has 0 aliphatic rings. The Morgan fingerprint density at radius 1 is 1.36 bits per heavy atom. The maximum absolute atomic E-state index is 12.3. The van der Waals surface area contributed by atoms with Gasteiger partial charge in [0.25, 0.3) is 0 Å². The molecule has 146 valence electrons. The second-order valence-electron chi connectivity index (χ2n) is 6.28. The van der Waals surface area contributed by atoms with Crippen molar-refractivity contribution in [3.63, 3.8) is 0 Å². The fourth-order valence-electron chi connectivity index (χ4n) is 2.50. The maximum atomic E-state index is 12.3. The van der Waals surface area contributed by atoms with Crippen LogP contribution in [0.3, 0.4) is 0 Å². The van der Waals surface area contributed by atoms with Crippen LogP contribution in [0.25, 0.3) is 11.3 Å². The third kappa shape index (κ3) is 5.09. The Bertz CT molecular complexity index is 965. The van der Waals surface area contributed by atoms with E-state index in [0.717, 1.165) is 21.6 Å². The molecule has 9 heteroatoms. The number of nitrogens with one attached hydrogen (secondary N) is 1. The molecular formula is C19H20BrN5OS2. The van der Waals surface area contributed by atoms with Crippen LogP contribution in [-0.4, -0.2) is 31.4 Å². The van der Waals surface area contributed by atoms with Crippen LogP contribution in [0.5, 0.6) is 0 Å². The minimum absolute atomic E-state index is 0.124. The fourth-order valence-corrected chi connectivity index (χ4v) is 4.26. The Labute approximate surface area is 180 Å². The van der Waals surface area contributed by atoms with E-state index in [0.29, 0.717) is 16.8 Å². The van der Waals surface area contributed by atoms with Crippen molar-refractivity contribution in [3.8, 4) is 11.3 Å². The zero-order chi connectivity index (χ0) is 20.1. The maximum Gasteiger partial charge on any atom is 0.236 e. The molecule has 0 aliphatic heterocycles. The van der Waals surface area contributed by atoms with Gasteiger partial charge in [-0.1, -0.05) is 59.7 Å². The molecule has 0 fully saturated rings. The summed E-state index contributed by atoms with van der Waals surface area (Å²) in [5, 5.41) is 14.5. The summed E-state index contributed by atoms with van der Waals surface area (Å²) in [6.07, 6.45) is 1.80. The Hall–Kier alpha value is -1.97. The number of carbonyl (C=O) groups excluding carboxylic acids is 1. The number of nitrogens with zero attached hydrogens (tertiary/aromatic N) is 4. The molecule has 0 saturated heterocycles. The van der Waals surface area contributed by atoms with Crippen LogP contribution in [0.15, 0.2) is 51.9 Å². The molecule has 1 N–H and O–H groups in total. The van der Waals surface area contributed by atoms with Gasteiger partial charge in [-0.15, -0.1) is 28.1 Å². The summed E-state index contributed by atoms with van der Waals surface area (Å²) in [4.78, 5) is 16.8. The van der Waals surface area contributed by atoms with Gasteiger partial charge < -0.3 is 9.88 Å². The first-order valence-corrected chi connectivity index (χ1v) is 11.3. The number of thioether (sulfide) groups is 1. The lowest BCUT2D eigenvalue weighted by atomic mass is 10.2. The molecular weight excluding hydrogens is 458 g/mol. The van der Waals surface area contributed by atoms with Crippen molar-refractivity contribution in [2.45, 2.75) is 31.5 Å². The zero-order valence-electron chi connectivity index (χ0n) is 15.6. The van der Waals surface area contributed by atoms with Gasteiger partial charge in [-0.2, -0.15) is 0 Å². The number of rotatable bonds is 8. The van der Waals surface area contributed by atoms with Crippen LogP contribution in [0.1, 0.15) is 25.6 Å². The lowest BCUT2D eigenvalue weighted by Crippen LogP contribution is -2.14. The normalized spacial score (nSPS) is 11.0. The molecule has 6 nitrogen and oxygen atoms in total. The molecule has 28 heavy (non-hydrogen) atoms. The van der Waals surface area contributed by atoms with Crippen LogP contribution in [0.2, 0.25) is 0 Å². The van der Waals surface area contributed by atoms with E-state index in [1.54, 1.807) is 6.08 Å². The quantitative estimate of drug-likeness (QED) is 0.356. The van der Waals surface area contributed by atoms with E-state index in [9.17, 15) is 4.79 Å². The number of anilines is 1. The average Bonchev–Trinajstić information content (AvgIpc) is 3.28. The summed E-state index contributed by atoms with van der Waals surface area (Å²) in [7, 11) is 0. The summed E-state index contributed by atoms with van der Waals surface area (Å²) in [6, 6.07) is 7.90. The molecule has 0 spiro atoms. The number of carbonyl (C=O) groups is 1. The lowest BCUT2D eigenvalue weighted by molar-refractivity contribution is -0.113. The summed E-state index contributed by atoms with van der Waals surface area (Å²) < 4.78 is 3.01. The Balaban J connectivity index is 1.61. The highest BCUT2D eigenvalue weighted by atomic mass is 79.9. The first kappa shape index (κ1) is 20.8. The number of thiazole rings is 1. The number of hydrogen-bond donors (Lipinski definition) is 1. The molecule has 0 bridgehead atoms. The first-order chi connectivity index (χ1) is 13.5. The van der Waals surface area contributed by atoms with Crippen molar-refractivity contribution >= 4 is 50.1 Å². The lowest BCUT2D eigenvalue weighted by Gasteiger charge is -2.09. The van der Waals surface area contributed by atoms with Crippen molar-refractivity contribution in [1.29, 1.82) is 0 Å². The molecule has 0 aliphatic carbocycles. The van der Waals surface area contributed by atoms with Crippen LogP contribution in [0, 0.1) is 0 Å². The second-order valence-corrected chi connectivity index (χ2v) is 8.99. The van der Waals surface area contributed by atoms with Crippen LogP contribution < -0.4 is 5.32 Å². The van der Waals surface area contributed by atoms with Gasteiger partial charge in [0.05, 0.1) is 11.4 Å². The van der Waals surface area contributed by atoms with Crippen LogP contribution in [0.4, 0.5) is 5.13 Å². The van der Waals surface area contributed by atoms with Gasteiger partial charge in [-0.3, -0.25) is 4.79 Å². The van der Waals surface area contributed by atoms with E-state index in [-0.39, 0.29) is 17.6 Å². The molecule has 0 saturated carbocycles. The van der Waals surface area contributed by atoms with E-state index in [4.69, 9.17) is 0 Å². The number of allylic oxidation sites excluding steroid dienone is 1. The molecule has 2 aromatic heterocycles. The van der Waals surface area contributed by atoms with Crippen molar-refractivity contribution < 1.29 is 4.79 Å². The van der Waals surface area contributed by atoms with Gasteiger partial charge in [0.15, 0.2) is 10.3 Å². The molecule has 0 unspecified atom stereocenters. The first-order valence-electron chi connectivity index (χ1n) is 8.66. The molecule has 3 rings (SSSR count). The number of benzene rings is 1. The topological polar surface area (TPSA) is 72.7 Å². The summed E-state index contributed by atoms with van der Waals surface area (Å²) in [5.41, 5.74) is 1.85. The number of aromatic nitrogens is 4. The third-order valence-corrected chi connectivity index (χ3v) is 6.05. The summed E-state index contributed by atoms with van der Waals surface area (Å²) in [6.45, 7) is 8.54. The molecule has 2 heterocycles. The SMILES string of the molecule is C=CCn1c(SCC(=O)Nc2nc(-c3ccc(Br)cc3)cs2)nnc1C(C)C. The van der Waals surface area contributed by atoms with Crippen molar-refractivity contribution in [2.24, 2.45) is 0 Å². The third-order valence-electron chi connectivity index (χ3n) is 3.80. The van der Waals surface area contributed by atoms with E-state index < -0.39 is 0 Å². The molecule has 3 aromatic rings.